The van der Waals surface area contributed by atoms with Gasteiger partial charge in [-0.05, 0) is 19.1 Å². The number of nitrogens with one attached hydrogen (secondary N) is 1. The lowest BCUT2D eigenvalue weighted by molar-refractivity contribution is -0.350. The van der Waals surface area contributed by atoms with Crippen LogP contribution in [0, 0.1) is 0 Å². The Morgan fingerprint density at radius 2 is 1.66 bits per heavy atom. The van der Waals surface area contributed by atoms with E-state index in [0.717, 1.165) is 19.1 Å². The van der Waals surface area contributed by atoms with Gasteiger partial charge in [0.1, 0.15) is 6.61 Å². The average Bonchev–Trinajstić information content (AvgIpc) is 2.56. The summed E-state index contributed by atoms with van der Waals surface area (Å²) in [5, 5.41) is -3.60. The highest BCUT2D eigenvalue weighted by Gasteiger charge is 2.68. The number of carbonyl (C=O) groups is 2. The van der Waals surface area contributed by atoms with Crippen LogP contribution in [0.1, 0.15) is 6.92 Å². The van der Waals surface area contributed by atoms with Crippen molar-refractivity contribution in [2.24, 2.45) is 0 Å². The van der Waals surface area contributed by atoms with Crippen LogP contribution in [0.5, 0.6) is 0 Å². The third-order valence-corrected chi connectivity index (χ3v) is 3.98. The molecule has 1 rings (SSSR count). The van der Waals surface area contributed by atoms with Gasteiger partial charge in [-0.2, -0.15) is 30.4 Å². The number of amides is 1. The summed E-state index contributed by atoms with van der Waals surface area (Å²) in [4.78, 5) is 23.9. The summed E-state index contributed by atoms with van der Waals surface area (Å²) in [7, 11) is -6.22. The quantitative estimate of drug-likeness (QED) is 0.207. The maximum absolute atomic E-state index is 13.7. The van der Waals surface area contributed by atoms with E-state index in [1.165, 1.54) is 18.2 Å². The summed E-state index contributed by atoms with van der Waals surface area (Å²) in [6.07, 6.45) is -5.95. The smallest absolute Gasteiger partial charge is 0.412 e. The lowest BCUT2D eigenvalue weighted by Gasteiger charge is -2.33. The minimum absolute atomic E-state index is 0.261. The highest BCUT2D eigenvalue weighted by atomic mass is 32.2. The second-order valence-electron chi connectivity index (χ2n) is 5.51. The van der Waals surface area contributed by atoms with Gasteiger partial charge in [-0.3, -0.25) is 9.35 Å². The molecule has 0 aliphatic carbocycles. The number of benzene rings is 1. The maximum atomic E-state index is 13.7. The number of alkyl halides is 5. The molecule has 2 N–H and O–H groups in total. The van der Waals surface area contributed by atoms with E-state index in [2.05, 4.69) is 16.1 Å². The summed E-state index contributed by atoms with van der Waals surface area (Å²) < 4.78 is 105. The molecule has 8 nitrogen and oxygen atoms in total. The predicted molar refractivity (Wildman–Crippen MR) is 87.2 cm³/mol. The Hall–Kier alpha value is -2.58. The molecular formula is C15H14F5NO7S. The van der Waals surface area contributed by atoms with E-state index in [1.807, 2.05) is 0 Å². The Kier molecular flexibility index (Phi) is 7.10. The van der Waals surface area contributed by atoms with Crippen LogP contribution in [0.15, 0.2) is 42.5 Å². The van der Waals surface area contributed by atoms with Crippen LogP contribution < -0.4 is 5.32 Å². The van der Waals surface area contributed by atoms with Crippen molar-refractivity contribution in [2.45, 2.75) is 24.1 Å². The molecule has 0 aliphatic rings. The van der Waals surface area contributed by atoms with Gasteiger partial charge >= 0.3 is 39.2 Å². The molecule has 1 atom stereocenters. The highest BCUT2D eigenvalue weighted by Crippen LogP contribution is 2.38. The first-order valence-corrected chi connectivity index (χ1v) is 8.78. The van der Waals surface area contributed by atoms with E-state index in [1.54, 1.807) is 5.32 Å². The molecule has 0 spiro atoms. The minimum Gasteiger partial charge on any atom is -0.412 e. The second-order valence-corrected chi connectivity index (χ2v) is 7.05. The van der Waals surface area contributed by atoms with Crippen molar-refractivity contribution in [2.75, 3.05) is 11.9 Å². The number of hydrogen-bond donors (Lipinski definition) is 2. The van der Waals surface area contributed by atoms with Crippen molar-refractivity contribution in [3.63, 3.8) is 0 Å². The predicted octanol–water partition coefficient (Wildman–Crippen LogP) is 2.50. The van der Waals surface area contributed by atoms with Crippen molar-refractivity contribution in [3.05, 3.63) is 42.5 Å². The van der Waals surface area contributed by atoms with Gasteiger partial charge < -0.3 is 14.8 Å². The zero-order valence-electron chi connectivity index (χ0n) is 14.5. The molecule has 0 aliphatic heterocycles. The summed E-state index contributed by atoms with van der Waals surface area (Å²) in [5.41, 5.74) is -0.918. The number of para-hydroxylation sites is 1. The monoisotopic (exact) mass is 447 g/mol. The number of anilines is 1. The molecule has 1 aromatic carbocycles. The molecule has 0 saturated carbocycles. The van der Waals surface area contributed by atoms with Crippen LogP contribution in [-0.2, 0) is 29.2 Å². The molecule has 0 radical (unpaired) electrons. The molecule has 162 valence electrons. The Bertz CT molecular complexity index is 886. The Balaban J connectivity index is 3.44. The number of hydrogen-bond acceptors (Lipinski definition) is 6. The van der Waals surface area contributed by atoms with E-state index >= 15 is 0 Å². The fourth-order valence-electron chi connectivity index (χ4n) is 1.62. The summed E-state index contributed by atoms with van der Waals surface area (Å²) in [5.74, 6) is -8.80. The third kappa shape index (κ3) is 5.71. The fourth-order valence-corrected chi connectivity index (χ4v) is 1.83. The molecule has 1 aromatic rings. The van der Waals surface area contributed by atoms with E-state index in [-0.39, 0.29) is 5.69 Å². The van der Waals surface area contributed by atoms with Gasteiger partial charge in [0.2, 0.25) is 0 Å². The average molecular weight is 447 g/mol. The van der Waals surface area contributed by atoms with E-state index in [0.29, 0.717) is 0 Å². The Morgan fingerprint density at radius 1 is 1.14 bits per heavy atom. The molecule has 14 heteroatoms. The van der Waals surface area contributed by atoms with Crippen molar-refractivity contribution >= 4 is 27.7 Å². The van der Waals surface area contributed by atoms with E-state index < -0.39 is 51.4 Å². The molecule has 0 heterocycles. The van der Waals surface area contributed by atoms with Gasteiger partial charge in [0.25, 0.3) is 0 Å². The maximum Gasteiger partial charge on any atom is 0.466 e. The second kappa shape index (κ2) is 8.42. The largest absolute Gasteiger partial charge is 0.466 e. The third-order valence-electron chi connectivity index (χ3n) is 3.11. The standard InChI is InChI=1S/C15H14F5NO7S/c1-9(2)11(22)28-14(15(18,19)20,27-8-13(16,17)29(24,25)26)12(23)21-10-6-4-3-5-7-10/h3-7H,1,8H2,2H3,(H,21,23)(H,24,25,26). The van der Waals surface area contributed by atoms with Crippen molar-refractivity contribution < 1.29 is 54.0 Å². The van der Waals surface area contributed by atoms with Crippen LogP contribution in [0.4, 0.5) is 27.6 Å². The number of esters is 1. The van der Waals surface area contributed by atoms with Gasteiger partial charge in [-0.15, -0.1) is 0 Å². The van der Waals surface area contributed by atoms with Crippen LogP contribution in [0.3, 0.4) is 0 Å². The molecule has 0 aromatic heterocycles. The number of rotatable bonds is 8. The molecule has 0 fully saturated rings. The van der Waals surface area contributed by atoms with Gasteiger partial charge in [0, 0.05) is 11.3 Å². The molecule has 0 saturated heterocycles. The van der Waals surface area contributed by atoms with Crippen LogP contribution in [0.2, 0.25) is 0 Å². The Morgan fingerprint density at radius 3 is 2.07 bits per heavy atom. The van der Waals surface area contributed by atoms with Gasteiger partial charge in [-0.1, -0.05) is 24.8 Å². The van der Waals surface area contributed by atoms with Gasteiger partial charge in [0.05, 0.1) is 0 Å². The first kappa shape index (κ1) is 24.5. The molecule has 1 amide bonds. The first-order chi connectivity index (χ1) is 13.0. The summed E-state index contributed by atoms with van der Waals surface area (Å²) in [6.45, 7) is 1.22. The lowest BCUT2D eigenvalue weighted by atomic mass is 10.2. The van der Waals surface area contributed by atoms with E-state index in [9.17, 15) is 40.0 Å². The zero-order chi connectivity index (χ0) is 22.7. The fraction of sp³-hybridized carbons (Fsp3) is 0.333. The topological polar surface area (TPSA) is 119 Å². The number of carbonyl (C=O) groups excluding carboxylic acids is 2. The number of ether oxygens (including phenoxy) is 2. The summed E-state index contributed by atoms with van der Waals surface area (Å²) >= 11 is 0. The molecular weight excluding hydrogens is 433 g/mol. The van der Waals surface area contributed by atoms with Crippen LogP contribution in [-0.4, -0.2) is 48.7 Å². The Labute approximate surface area is 161 Å². The summed E-state index contributed by atoms with van der Waals surface area (Å²) in [6, 6.07) is 6.28. The first-order valence-electron chi connectivity index (χ1n) is 7.34. The van der Waals surface area contributed by atoms with Gasteiger partial charge in [0.15, 0.2) is 0 Å². The lowest BCUT2D eigenvalue weighted by Crippen LogP contribution is -2.61. The van der Waals surface area contributed by atoms with Crippen molar-refractivity contribution in [1.29, 1.82) is 0 Å². The number of halogens is 5. The molecule has 1 unspecified atom stereocenters. The van der Waals surface area contributed by atoms with Crippen LogP contribution >= 0.6 is 0 Å². The SMILES string of the molecule is C=C(C)C(=O)OC(OCC(F)(F)S(=O)(=O)O)(C(=O)Nc1ccccc1)C(F)(F)F. The highest BCUT2D eigenvalue weighted by molar-refractivity contribution is 7.86. The zero-order valence-corrected chi connectivity index (χ0v) is 15.3. The van der Waals surface area contributed by atoms with Crippen LogP contribution in [0.25, 0.3) is 0 Å². The van der Waals surface area contributed by atoms with Crippen molar-refractivity contribution in [1.82, 2.24) is 0 Å². The van der Waals surface area contributed by atoms with Gasteiger partial charge in [-0.25, -0.2) is 4.79 Å². The van der Waals surface area contributed by atoms with Crippen molar-refractivity contribution in [3.8, 4) is 0 Å². The normalized spacial score (nSPS) is 14.6. The van der Waals surface area contributed by atoms with E-state index in [4.69, 9.17) is 4.55 Å². The minimum atomic E-state index is -6.22. The molecule has 0 bridgehead atoms. The molecule has 29 heavy (non-hydrogen) atoms.